The molecule has 0 aliphatic carbocycles. The molecule has 0 aliphatic heterocycles. The van der Waals surface area contributed by atoms with E-state index in [0.717, 1.165) is 5.56 Å². The Hall–Kier alpha value is -1.75. The van der Waals surface area contributed by atoms with Gasteiger partial charge in [0.1, 0.15) is 0 Å². The quantitative estimate of drug-likeness (QED) is 0.752. The van der Waals surface area contributed by atoms with Crippen LogP contribution >= 0.6 is 0 Å². The van der Waals surface area contributed by atoms with Gasteiger partial charge in [0.05, 0.1) is 27.2 Å². The molecule has 2 N–H and O–H groups in total. The zero-order valence-electron chi connectivity index (χ0n) is 10.1. The van der Waals surface area contributed by atoms with Crippen LogP contribution in [0.4, 0.5) is 0 Å². The first-order chi connectivity index (χ1) is 8.22. The third kappa shape index (κ3) is 3.64. The second-order valence-electron chi connectivity index (χ2n) is 3.33. The van der Waals surface area contributed by atoms with Crippen molar-refractivity contribution in [2.75, 3.05) is 20.8 Å². The largest absolute Gasteiger partial charge is 0.493 e. The normalized spacial score (nSPS) is 9.82. The number of para-hydroxylation sites is 1. The lowest BCUT2D eigenvalue weighted by atomic mass is 10.2. The van der Waals surface area contributed by atoms with Crippen LogP contribution in [-0.4, -0.2) is 26.8 Å². The number of nitrogens with two attached hydrogens (primary N) is 1. The smallest absolute Gasteiger partial charge is 0.308 e. The van der Waals surface area contributed by atoms with Gasteiger partial charge in [-0.25, -0.2) is 0 Å². The molecule has 1 aromatic rings. The molecule has 0 unspecified atom stereocenters. The zero-order chi connectivity index (χ0) is 12.7. The Morgan fingerprint density at radius 2 is 2.12 bits per heavy atom. The standard InChI is InChI=1S/C12H17NO4/c1-15-10-5-3-4-9(8-13)12(10)17-7-6-11(14)16-2/h3-5H,6-8,13H2,1-2H3. The van der Waals surface area contributed by atoms with Crippen molar-refractivity contribution in [2.45, 2.75) is 13.0 Å². The molecule has 0 fully saturated rings. The maximum atomic E-state index is 11.0. The highest BCUT2D eigenvalue weighted by molar-refractivity contribution is 5.69. The predicted molar refractivity (Wildman–Crippen MR) is 63.0 cm³/mol. The Kier molecular flexibility index (Phi) is 5.29. The second kappa shape index (κ2) is 6.75. The number of carbonyl (C=O) groups is 1. The number of benzene rings is 1. The predicted octanol–water partition coefficient (Wildman–Crippen LogP) is 1.10. The average Bonchev–Trinajstić information content (AvgIpc) is 2.38. The van der Waals surface area contributed by atoms with Gasteiger partial charge in [-0.1, -0.05) is 12.1 Å². The molecular weight excluding hydrogens is 222 g/mol. The molecule has 17 heavy (non-hydrogen) atoms. The summed E-state index contributed by atoms with van der Waals surface area (Å²) in [5.74, 6) is 0.883. The fraction of sp³-hybridized carbons (Fsp3) is 0.417. The number of methoxy groups -OCH3 is 2. The lowest BCUT2D eigenvalue weighted by Crippen LogP contribution is -2.10. The molecule has 0 aromatic heterocycles. The Balaban J connectivity index is 2.71. The molecule has 0 amide bonds. The van der Waals surface area contributed by atoms with Gasteiger partial charge in [-0.2, -0.15) is 0 Å². The van der Waals surface area contributed by atoms with Gasteiger partial charge in [-0.3, -0.25) is 4.79 Å². The number of hydrogen-bond acceptors (Lipinski definition) is 5. The van der Waals surface area contributed by atoms with Gasteiger partial charge in [0.25, 0.3) is 0 Å². The average molecular weight is 239 g/mol. The van der Waals surface area contributed by atoms with E-state index in [1.54, 1.807) is 13.2 Å². The minimum absolute atomic E-state index is 0.193. The van der Waals surface area contributed by atoms with Crippen LogP contribution in [0.5, 0.6) is 11.5 Å². The highest BCUT2D eigenvalue weighted by atomic mass is 16.5. The molecule has 1 aromatic carbocycles. The maximum Gasteiger partial charge on any atom is 0.308 e. The number of esters is 1. The molecule has 0 aliphatic rings. The monoisotopic (exact) mass is 239 g/mol. The third-order valence-electron chi connectivity index (χ3n) is 2.28. The SMILES string of the molecule is COC(=O)CCOc1c(CN)cccc1OC. The van der Waals surface area contributed by atoms with Gasteiger partial charge in [0.2, 0.25) is 0 Å². The van der Waals surface area contributed by atoms with Gasteiger partial charge in [-0.15, -0.1) is 0 Å². The van der Waals surface area contributed by atoms with Crippen molar-refractivity contribution in [1.82, 2.24) is 0 Å². The van der Waals surface area contributed by atoms with Crippen LogP contribution in [0.1, 0.15) is 12.0 Å². The Morgan fingerprint density at radius 1 is 1.35 bits per heavy atom. The van der Waals surface area contributed by atoms with Gasteiger partial charge in [0, 0.05) is 12.1 Å². The van der Waals surface area contributed by atoms with E-state index in [4.69, 9.17) is 15.2 Å². The number of rotatable bonds is 6. The summed E-state index contributed by atoms with van der Waals surface area (Å²) in [5.41, 5.74) is 6.45. The molecule has 0 atom stereocenters. The summed E-state index contributed by atoms with van der Waals surface area (Å²) in [4.78, 5) is 11.0. The van der Waals surface area contributed by atoms with E-state index in [1.807, 2.05) is 12.1 Å². The molecule has 5 heteroatoms. The first-order valence-electron chi connectivity index (χ1n) is 5.28. The summed E-state index contributed by atoms with van der Waals surface area (Å²) in [6, 6.07) is 5.48. The fourth-order valence-electron chi connectivity index (χ4n) is 1.39. The summed E-state index contributed by atoms with van der Waals surface area (Å²) in [5, 5.41) is 0. The minimum Gasteiger partial charge on any atom is -0.493 e. The van der Waals surface area contributed by atoms with E-state index in [1.165, 1.54) is 7.11 Å². The lowest BCUT2D eigenvalue weighted by Gasteiger charge is -2.13. The van der Waals surface area contributed by atoms with Gasteiger partial charge in [0.15, 0.2) is 11.5 Å². The Morgan fingerprint density at radius 3 is 2.71 bits per heavy atom. The van der Waals surface area contributed by atoms with Crippen LogP contribution in [0.2, 0.25) is 0 Å². The zero-order valence-corrected chi connectivity index (χ0v) is 10.1. The van der Waals surface area contributed by atoms with E-state index in [2.05, 4.69) is 4.74 Å². The molecule has 0 bridgehead atoms. The van der Waals surface area contributed by atoms with Crippen molar-refractivity contribution in [3.8, 4) is 11.5 Å². The lowest BCUT2D eigenvalue weighted by molar-refractivity contribution is -0.141. The molecular formula is C12H17NO4. The van der Waals surface area contributed by atoms with Crippen molar-refractivity contribution in [3.05, 3.63) is 23.8 Å². The molecule has 94 valence electrons. The first-order valence-corrected chi connectivity index (χ1v) is 5.28. The highest BCUT2D eigenvalue weighted by Crippen LogP contribution is 2.30. The Labute approximate surface area is 100 Å². The van der Waals surface area contributed by atoms with Crippen LogP contribution in [-0.2, 0) is 16.1 Å². The molecule has 1 rings (SSSR count). The molecule has 5 nitrogen and oxygen atoms in total. The minimum atomic E-state index is -0.311. The third-order valence-corrected chi connectivity index (χ3v) is 2.28. The molecule has 0 spiro atoms. The molecule has 0 radical (unpaired) electrons. The molecule has 0 heterocycles. The van der Waals surface area contributed by atoms with Crippen molar-refractivity contribution in [1.29, 1.82) is 0 Å². The summed E-state index contributed by atoms with van der Waals surface area (Å²) < 4.78 is 15.2. The van der Waals surface area contributed by atoms with Crippen molar-refractivity contribution < 1.29 is 19.0 Å². The van der Waals surface area contributed by atoms with Crippen LogP contribution < -0.4 is 15.2 Å². The van der Waals surface area contributed by atoms with Gasteiger partial charge < -0.3 is 19.9 Å². The van der Waals surface area contributed by atoms with E-state index in [9.17, 15) is 4.79 Å². The van der Waals surface area contributed by atoms with Crippen molar-refractivity contribution in [2.24, 2.45) is 5.73 Å². The number of hydrogen-bond donors (Lipinski definition) is 1. The Bertz CT molecular complexity index is 357. The van der Waals surface area contributed by atoms with Gasteiger partial charge in [-0.05, 0) is 6.07 Å². The fourth-order valence-corrected chi connectivity index (χ4v) is 1.39. The first kappa shape index (κ1) is 13.3. The van der Waals surface area contributed by atoms with Crippen molar-refractivity contribution in [3.63, 3.8) is 0 Å². The van der Waals surface area contributed by atoms with E-state index in [-0.39, 0.29) is 19.0 Å². The summed E-state index contributed by atoms with van der Waals surface area (Å²) in [6.45, 7) is 0.588. The number of ether oxygens (including phenoxy) is 3. The van der Waals surface area contributed by atoms with Crippen molar-refractivity contribution >= 4 is 5.97 Å². The molecule has 0 saturated carbocycles. The van der Waals surface area contributed by atoms with Crippen LogP contribution in [0.3, 0.4) is 0 Å². The van der Waals surface area contributed by atoms with Crippen LogP contribution in [0, 0.1) is 0 Å². The number of carbonyl (C=O) groups excluding carboxylic acids is 1. The maximum absolute atomic E-state index is 11.0. The van der Waals surface area contributed by atoms with E-state index in [0.29, 0.717) is 18.0 Å². The molecule has 0 saturated heterocycles. The van der Waals surface area contributed by atoms with Crippen LogP contribution in [0.15, 0.2) is 18.2 Å². The van der Waals surface area contributed by atoms with Gasteiger partial charge >= 0.3 is 5.97 Å². The summed E-state index contributed by atoms with van der Waals surface area (Å²) in [7, 11) is 2.90. The van der Waals surface area contributed by atoms with Crippen LogP contribution in [0.25, 0.3) is 0 Å². The summed E-state index contributed by atoms with van der Waals surface area (Å²) in [6.07, 6.45) is 0.193. The van der Waals surface area contributed by atoms with E-state index >= 15 is 0 Å². The highest BCUT2D eigenvalue weighted by Gasteiger charge is 2.10. The second-order valence-corrected chi connectivity index (χ2v) is 3.33. The topological polar surface area (TPSA) is 70.8 Å². The van der Waals surface area contributed by atoms with E-state index < -0.39 is 0 Å². The summed E-state index contributed by atoms with van der Waals surface area (Å²) >= 11 is 0.